The summed E-state index contributed by atoms with van der Waals surface area (Å²) in [5, 5.41) is 0. The van der Waals surface area contributed by atoms with Gasteiger partial charge in [-0.05, 0) is 32.5 Å². The van der Waals surface area contributed by atoms with Crippen LogP contribution in [-0.2, 0) is 5.54 Å². The molecule has 78 valence electrons. The molecule has 1 heteroatoms. The zero-order valence-electron chi connectivity index (χ0n) is 9.75. The summed E-state index contributed by atoms with van der Waals surface area (Å²) in [6.45, 7) is 4.52. The second-order valence-electron chi connectivity index (χ2n) is 4.00. The van der Waals surface area contributed by atoms with Gasteiger partial charge in [0.05, 0.1) is 0 Å². The van der Waals surface area contributed by atoms with E-state index in [0.29, 0.717) is 0 Å². The molecule has 0 amide bonds. The Morgan fingerprint density at radius 3 is 1.86 bits per heavy atom. The third-order valence-corrected chi connectivity index (χ3v) is 3.34. The first-order chi connectivity index (χ1) is 6.67. The van der Waals surface area contributed by atoms with Crippen molar-refractivity contribution in [1.82, 2.24) is 4.90 Å². The van der Waals surface area contributed by atoms with E-state index in [1.807, 2.05) is 0 Å². The van der Waals surface area contributed by atoms with Crippen molar-refractivity contribution in [2.24, 2.45) is 0 Å². The highest BCUT2D eigenvalue weighted by Crippen LogP contribution is 2.33. The first-order valence-electron chi connectivity index (χ1n) is 5.40. The van der Waals surface area contributed by atoms with E-state index in [9.17, 15) is 0 Å². The molecule has 0 unspecified atom stereocenters. The molecule has 0 saturated heterocycles. The fourth-order valence-electron chi connectivity index (χ4n) is 2.30. The molecule has 0 radical (unpaired) electrons. The summed E-state index contributed by atoms with van der Waals surface area (Å²) in [6, 6.07) is 10.8. The Labute approximate surface area is 87.7 Å². The van der Waals surface area contributed by atoms with Crippen LogP contribution in [-0.4, -0.2) is 19.0 Å². The van der Waals surface area contributed by atoms with E-state index in [0.717, 1.165) is 12.8 Å². The van der Waals surface area contributed by atoms with Crippen LogP contribution in [0.15, 0.2) is 30.3 Å². The lowest BCUT2D eigenvalue weighted by Crippen LogP contribution is -2.40. The molecule has 0 bridgehead atoms. The molecule has 0 heterocycles. The van der Waals surface area contributed by atoms with E-state index in [4.69, 9.17) is 0 Å². The Morgan fingerprint density at radius 2 is 1.50 bits per heavy atom. The van der Waals surface area contributed by atoms with Crippen molar-refractivity contribution in [3.63, 3.8) is 0 Å². The van der Waals surface area contributed by atoms with E-state index in [-0.39, 0.29) is 5.54 Å². The van der Waals surface area contributed by atoms with Crippen LogP contribution in [0, 0.1) is 0 Å². The molecule has 0 spiro atoms. The van der Waals surface area contributed by atoms with Crippen molar-refractivity contribution in [3.05, 3.63) is 35.9 Å². The molecule has 1 nitrogen and oxygen atoms in total. The molecule has 1 aromatic carbocycles. The van der Waals surface area contributed by atoms with Gasteiger partial charge in [-0.1, -0.05) is 44.2 Å². The lowest BCUT2D eigenvalue weighted by Gasteiger charge is -2.39. The number of benzene rings is 1. The van der Waals surface area contributed by atoms with Gasteiger partial charge in [-0.3, -0.25) is 4.90 Å². The van der Waals surface area contributed by atoms with Gasteiger partial charge in [0.25, 0.3) is 0 Å². The minimum atomic E-state index is 0.210. The summed E-state index contributed by atoms with van der Waals surface area (Å²) < 4.78 is 0. The van der Waals surface area contributed by atoms with Crippen LogP contribution >= 0.6 is 0 Å². The van der Waals surface area contributed by atoms with Gasteiger partial charge in [0, 0.05) is 5.54 Å². The van der Waals surface area contributed by atoms with Crippen molar-refractivity contribution < 1.29 is 0 Å². The molecular formula is C13H21N. The van der Waals surface area contributed by atoms with Gasteiger partial charge < -0.3 is 0 Å². The van der Waals surface area contributed by atoms with Crippen LogP contribution in [0.25, 0.3) is 0 Å². The highest BCUT2D eigenvalue weighted by Gasteiger charge is 2.30. The second-order valence-corrected chi connectivity index (χ2v) is 4.00. The average molecular weight is 191 g/mol. The van der Waals surface area contributed by atoms with Crippen LogP contribution < -0.4 is 0 Å². The Balaban J connectivity index is 3.11. The normalized spacial score (nSPS) is 12.1. The van der Waals surface area contributed by atoms with Gasteiger partial charge in [0.15, 0.2) is 0 Å². The maximum Gasteiger partial charge on any atom is 0.0449 e. The third kappa shape index (κ3) is 1.83. The Bertz CT molecular complexity index is 260. The fourth-order valence-corrected chi connectivity index (χ4v) is 2.30. The van der Waals surface area contributed by atoms with E-state index >= 15 is 0 Å². The standard InChI is InChI=1S/C13H21N/c1-5-13(6-2,14(3)4)12-10-8-7-9-11-12/h7-11H,5-6H2,1-4H3. The Hall–Kier alpha value is -0.820. The smallest absolute Gasteiger partial charge is 0.0449 e. The highest BCUT2D eigenvalue weighted by atomic mass is 15.1. The summed E-state index contributed by atoms with van der Waals surface area (Å²) in [7, 11) is 4.33. The quantitative estimate of drug-likeness (QED) is 0.706. The van der Waals surface area contributed by atoms with Crippen LogP contribution in [0.2, 0.25) is 0 Å². The maximum atomic E-state index is 2.34. The molecular weight excluding hydrogens is 170 g/mol. The number of rotatable bonds is 4. The highest BCUT2D eigenvalue weighted by molar-refractivity contribution is 5.24. The van der Waals surface area contributed by atoms with Gasteiger partial charge in [-0.2, -0.15) is 0 Å². The number of hydrogen-bond donors (Lipinski definition) is 0. The third-order valence-electron chi connectivity index (χ3n) is 3.34. The molecule has 0 saturated carbocycles. The lowest BCUT2D eigenvalue weighted by molar-refractivity contribution is 0.139. The number of hydrogen-bond acceptors (Lipinski definition) is 1. The fraction of sp³-hybridized carbons (Fsp3) is 0.538. The van der Waals surface area contributed by atoms with Crippen LogP contribution in [0.5, 0.6) is 0 Å². The molecule has 0 atom stereocenters. The summed E-state index contributed by atoms with van der Waals surface area (Å²) in [5.41, 5.74) is 1.64. The van der Waals surface area contributed by atoms with E-state index < -0.39 is 0 Å². The number of nitrogens with zero attached hydrogens (tertiary/aromatic N) is 1. The zero-order chi connectivity index (χ0) is 10.6. The summed E-state index contributed by atoms with van der Waals surface area (Å²) in [5.74, 6) is 0. The predicted octanol–water partition coefficient (Wildman–Crippen LogP) is 3.26. The molecule has 0 N–H and O–H groups in total. The van der Waals surface area contributed by atoms with E-state index in [1.165, 1.54) is 5.56 Å². The molecule has 0 aromatic heterocycles. The SMILES string of the molecule is CCC(CC)(c1ccccc1)N(C)C. The van der Waals surface area contributed by atoms with Gasteiger partial charge in [-0.25, -0.2) is 0 Å². The first-order valence-corrected chi connectivity index (χ1v) is 5.40. The first kappa shape index (κ1) is 11.3. The minimum Gasteiger partial charge on any atom is -0.300 e. The van der Waals surface area contributed by atoms with Crippen LogP contribution in [0.1, 0.15) is 32.3 Å². The van der Waals surface area contributed by atoms with Crippen molar-refractivity contribution in [3.8, 4) is 0 Å². The van der Waals surface area contributed by atoms with Crippen molar-refractivity contribution in [1.29, 1.82) is 0 Å². The van der Waals surface area contributed by atoms with Gasteiger partial charge in [-0.15, -0.1) is 0 Å². The second kappa shape index (κ2) is 4.61. The van der Waals surface area contributed by atoms with E-state index in [1.54, 1.807) is 0 Å². The summed E-state index contributed by atoms with van der Waals surface area (Å²) >= 11 is 0. The minimum absolute atomic E-state index is 0.210. The van der Waals surface area contributed by atoms with Crippen LogP contribution in [0.3, 0.4) is 0 Å². The van der Waals surface area contributed by atoms with E-state index in [2.05, 4.69) is 63.2 Å². The predicted molar refractivity (Wildman–Crippen MR) is 62.4 cm³/mol. The van der Waals surface area contributed by atoms with Gasteiger partial charge in [0.1, 0.15) is 0 Å². The maximum absolute atomic E-state index is 2.34. The molecule has 0 fully saturated rings. The molecule has 1 aromatic rings. The zero-order valence-corrected chi connectivity index (χ0v) is 9.75. The van der Waals surface area contributed by atoms with Gasteiger partial charge in [0.2, 0.25) is 0 Å². The van der Waals surface area contributed by atoms with Gasteiger partial charge >= 0.3 is 0 Å². The molecule has 14 heavy (non-hydrogen) atoms. The molecule has 1 rings (SSSR count). The largest absolute Gasteiger partial charge is 0.300 e. The molecule has 0 aliphatic carbocycles. The van der Waals surface area contributed by atoms with Crippen molar-refractivity contribution >= 4 is 0 Å². The Kier molecular flexibility index (Phi) is 3.70. The van der Waals surface area contributed by atoms with Crippen molar-refractivity contribution in [2.45, 2.75) is 32.2 Å². The summed E-state index contributed by atoms with van der Waals surface area (Å²) in [4.78, 5) is 2.34. The van der Waals surface area contributed by atoms with Crippen LogP contribution in [0.4, 0.5) is 0 Å². The Morgan fingerprint density at radius 1 is 1.00 bits per heavy atom. The van der Waals surface area contributed by atoms with Crippen molar-refractivity contribution in [2.75, 3.05) is 14.1 Å². The monoisotopic (exact) mass is 191 g/mol. The lowest BCUT2D eigenvalue weighted by atomic mass is 9.83. The molecule has 0 aliphatic heterocycles. The summed E-state index contributed by atoms with van der Waals surface area (Å²) in [6.07, 6.45) is 2.31. The average Bonchev–Trinajstić information content (AvgIpc) is 2.22. The molecule has 0 aliphatic rings. The topological polar surface area (TPSA) is 3.24 Å².